The van der Waals surface area contributed by atoms with Crippen LogP contribution in [0.25, 0.3) is 0 Å². The molecule has 1 amide bonds. The van der Waals surface area contributed by atoms with Crippen LogP contribution in [0, 0.1) is 0 Å². The van der Waals surface area contributed by atoms with Crippen LogP contribution in [-0.4, -0.2) is 24.3 Å². The number of nitrogens with zero attached hydrogens (tertiary/aromatic N) is 1. The highest BCUT2D eigenvalue weighted by atomic mass is 19.4. The molecule has 3 rings (SSSR count). The average Bonchev–Trinajstić information content (AvgIpc) is 3.16. The van der Waals surface area contributed by atoms with Gasteiger partial charge in [0, 0.05) is 5.57 Å². The van der Waals surface area contributed by atoms with Crippen LogP contribution in [-0.2, 0) is 22.7 Å². The number of amides is 1. The number of alkyl halides is 9. The second kappa shape index (κ2) is 6.49. The van der Waals surface area contributed by atoms with Gasteiger partial charge in [-0.3, -0.25) is 9.79 Å². The van der Waals surface area contributed by atoms with E-state index in [0.29, 0.717) is 18.2 Å². The van der Waals surface area contributed by atoms with Crippen molar-refractivity contribution in [3.05, 3.63) is 46.5 Å². The molecule has 2 aliphatic rings. The number of hydrogen-bond acceptors (Lipinski definition) is 2. The Labute approximate surface area is 157 Å². The van der Waals surface area contributed by atoms with Gasteiger partial charge >= 0.3 is 18.5 Å². The molecule has 1 saturated carbocycles. The van der Waals surface area contributed by atoms with Gasteiger partial charge in [-0.15, -0.1) is 0 Å². The number of carbonyl (C=O) groups excluding carboxylic acids is 1. The number of halogens is 9. The van der Waals surface area contributed by atoms with Gasteiger partial charge in [0.15, 0.2) is 0 Å². The van der Waals surface area contributed by atoms with Crippen molar-refractivity contribution < 1.29 is 44.3 Å². The second-order valence-corrected chi connectivity index (χ2v) is 6.70. The summed E-state index contributed by atoms with van der Waals surface area (Å²) in [5.41, 5.74) is -6.67. The summed E-state index contributed by atoms with van der Waals surface area (Å²) in [4.78, 5) is 15.4. The maximum Gasteiger partial charge on any atom is 0.432 e. The molecule has 29 heavy (non-hydrogen) atoms. The molecule has 0 unspecified atom stereocenters. The Morgan fingerprint density at radius 2 is 1.38 bits per heavy atom. The molecule has 1 aromatic rings. The van der Waals surface area contributed by atoms with E-state index in [1.165, 1.54) is 0 Å². The lowest BCUT2D eigenvalue weighted by Crippen LogP contribution is -2.36. The van der Waals surface area contributed by atoms with Crippen molar-refractivity contribution in [3.63, 3.8) is 0 Å². The Morgan fingerprint density at radius 1 is 0.862 bits per heavy atom. The normalized spacial score (nSPS) is 18.9. The third kappa shape index (κ3) is 4.40. The van der Waals surface area contributed by atoms with E-state index in [2.05, 4.69) is 10.3 Å². The summed E-state index contributed by atoms with van der Waals surface area (Å²) < 4.78 is 116. The highest BCUT2D eigenvalue weighted by molar-refractivity contribution is 6.09. The predicted molar refractivity (Wildman–Crippen MR) is 81.9 cm³/mol. The Kier molecular flexibility index (Phi) is 4.74. The fourth-order valence-corrected chi connectivity index (χ4v) is 2.88. The first kappa shape index (κ1) is 21.2. The van der Waals surface area contributed by atoms with Crippen LogP contribution in [0.2, 0.25) is 0 Å². The minimum absolute atomic E-state index is 0.0374. The zero-order chi connectivity index (χ0) is 21.8. The standard InChI is InChI=1S/C17H11F9N2O/c18-15(19,20)10-4-9(5-11(6-10)16(21,22)23)14(1-2-14)28-13(29)8-3-12(27-7-8)17(24,25)26/h3-6H,1-2,7H2,(H,28,29). The molecule has 0 spiro atoms. The van der Waals surface area contributed by atoms with Crippen LogP contribution in [0.3, 0.4) is 0 Å². The van der Waals surface area contributed by atoms with E-state index in [-0.39, 0.29) is 24.5 Å². The maximum atomic E-state index is 13.0. The Morgan fingerprint density at radius 3 is 1.76 bits per heavy atom. The monoisotopic (exact) mass is 430 g/mol. The minimum atomic E-state index is -5.06. The quantitative estimate of drug-likeness (QED) is 0.690. The van der Waals surface area contributed by atoms with Gasteiger partial charge in [0.1, 0.15) is 5.71 Å². The van der Waals surface area contributed by atoms with E-state index in [1.807, 2.05) is 0 Å². The topological polar surface area (TPSA) is 41.5 Å². The van der Waals surface area contributed by atoms with Crippen molar-refractivity contribution in [2.45, 2.75) is 36.9 Å². The predicted octanol–water partition coefficient (Wildman–Crippen LogP) is 4.77. The molecule has 1 fully saturated rings. The smallest absolute Gasteiger partial charge is 0.343 e. The van der Waals surface area contributed by atoms with Crippen molar-refractivity contribution in [2.24, 2.45) is 4.99 Å². The van der Waals surface area contributed by atoms with Gasteiger partial charge in [0.05, 0.1) is 23.2 Å². The molecule has 0 bridgehead atoms. The molecule has 0 saturated heterocycles. The van der Waals surface area contributed by atoms with Gasteiger partial charge in [0.25, 0.3) is 0 Å². The first-order valence-corrected chi connectivity index (χ1v) is 8.06. The molecular formula is C17H11F9N2O. The zero-order valence-electron chi connectivity index (χ0n) is 14.2. The summed E-state index contributed by atoms with van der Waals surface area (Å²) in [5.74, 6) is -1.03. The molecule has 0 aromatic heterocycles. The second-order valence-electron chi connectivity index (χ2n) is 6.70. The van der Waals surface area contributed by atoms with Crippen molar-refractivity contribution in [1.82, 2.24) is 5.32 Å². The molecule has 1 aliphatic heterocycles. The number of hydrogen-bond donors (Lipinski definition) is 1. The van der Waals surface area contributed by atoms with Crippen molar-refractivity contribution in [3.8, 4) is 0 Å². The highest BCUT2D eigenvalue weighted by Crippen LogP contribution is 2.48. The summed E-state index contributed by atoms with van der Waals surface area (Å²) in [6, 6.07) is 0.969. The summed E-state index contributed by atoms with van der Waals surface area (Å²) in [5, 5.41) is 2.27. The van der Waals surface area contributed by atoms with Crippen LogP contribution < -0.4 is 5.32 Å². The lowest BCUT2D eigenvalue weighted by atomic mass is 9.97. The van der Waals surface area contributed by atoms with E-state index in [1.54, 1.807) is 0 Å². The largest absolute Gasteiger partial charge is 0.432 e. The summed E-state index contributed by atoms with van der Waals surface area (Å²) in [7, 11) is 0. The third-order valence-electron chi connectivity index (χ3n) is 4.56. The number of allylic oxidation sites excluding steroid dienone is 1. The summed E-state index contributed by atoms with van der Waals surface area (Å²) in [6.45, 7) is -0.590. The molecule has 1 aromatic carbocycles. The number of benzene rings is 1. The van der Waals surface area contributed by atoms with Gasteiger partial charge < -0.3 is 5.32 Å². The first-order valence-electron chi connectivity index (χ1n) is 8.06. The molecule has 158 valence electrons. The number of aliphatic imine (C=N–C) groups is 1. The van der Waals surface area contributed by atoms with Gasteiger partial charge in [-0.25, -0.2) is 0 Å². The lowest BCUT2D eigenvalue weighted by molar-refractivity contribution is -0.143. The third-order valence-corrected chi connectivity index (χ3v) is 4.56. The van der Waals surface area contributed by atoms with Gasteiger partial charge in [-0.05, 0) is 42.7 Å². The fourth-order valence-electron chi connectivity index (χ4n) is 2.88. The van der Waals surface area contributed by atoms with E-state index in [4.69, 9.17) is 0 Å². The Balaban J connectivity index is 1.90. The summed E-state index contributed by atoms with van der Waals surface area (Å²) in [6.07, 6.45) is -14.3. The molecular weight excluding hydrogens is 419 g/mol. The molecule has 1 N–H and O–H groups in total. The lowest BCUT2D eigenvalue weighted by Gasteiger charge is -2.21. The summed E-state index contributed by atoms with van der Waals surface area (Å²) >= 11 is 0. The van der Waals surface area contributed by atoms with Crippen LogP contribution >= 0.6 is 0 Å². The van der Waals surface area contributed by atoms with E-state index >= 15 is 0 Å². The van der Waals surface area contributed by atoms with E-state index < -0.39 is 58.9 Å². The van der Waals surface area contributed by atoms with Gasteiger partial charge in [0.2, 0.25) is 5.91 Å². The fraction of sp³-hybridized carbons (Fsp3) is 0.412. The van der Waals surface area contributed by atoms with Crippen molar-refractivity contribution in [2.75, 3.05) is 6.54 Å². The number of carbonyl (C=O) groups is 1. The van der Waals surface area contributed by atoms with Crippen LogP contribution in [0.4, 0.5) is 39.5 Å². The molecule has 0 radical (unpaired) electrons. The molecule has 1 heterocycles. The average molecular weight is 430 g/mol. The molecule has 3 nitrogen and oxygen atoms in total. The number of rotatable bonds is 3. The van der Waals surface area contributed by atoms with Gasteiger partial charge in [-0.1, -0.05) is 0 Å². The molecule has 0 atom stereocenters. The highest BCUT2D eigenvalue weighted by Gasteiger charge is 2.49. The van der Waals surface area contributed by atoms with Gasteiger partial charge in [-0.2, -0.15) is 39.5 Å². The van der Waals surface area contributed by atoms with E-state index in [0.717, 1.165) is 0 Å². The first-order chi connectivity index (χ1) is 13.1. The van der Waals surface area contributed by atoms with Crippen molar-refractivity contribution in [1.29, 1.82) is 0 Å². The van der Waals surface area contributed by atoms with E-state index in [9.17, 15) is 44.3 Å². The zero-order valence-corrected chi connectivity index (χ0v) is 14.2. The molecule has 1 aliphatic carbocycles. The van der Waals surface area contributed by atoms with Crippen LogP contribution in [0.1, 0.15) is 29.5 Å². The molecule has 12 heteroatoms. The van der Waals surface area contributed by atoms with Crippen LogP contribution in [0.15, 0.2) is 34.8 Å². The van der Waals surface area contributed by atoms with Crippen molar-refractivity contribution >= 4 is 11.6 Å². The minimum Gasteiger partial charge on any atom is -0.343 e. The Hall–Kier alpha value is -2.53. The SMILES string of the molecule is O=C(NC1(c2cc(C(F)(F)F)cc(C(F)(F)F)c2)CC1)C1=CC(C(F)(F)F)=NC1. The Bertz CT molecular complexity index is 871. The number of nitrogens with one attached hydrogen (secondary N) is 1. The maximum absolute atomic E-state index is 13.0. The van der Waals surface area contributed by atoms with Crippen LogP contribution in [0.5, 0.6) is 0 Å².